The van der Waals surface area contributed by atoms with Gasteiger partial charge in [-0.1, -0.05) is 13.0 Å². The van der Waals surface area contributed by atoms with E-state index < -0.39 is 29.6 Å². The van der Waals surface area contributed by atoms with Gasteiger partial charge in [0, 0.05) is 38.3 Å². The van der Waals surface area contributed by atoms with Crippen LogP contribution in [0.1, 0.15) is 66.5 Å². The third kappa shape index (κ3) is 5.43. The normalized spacial score (nSPS) is 22.8. The number of amides is 1. The first-order valence-electron chi connectivity index (χ1n) is 12.8. The largest absolute Gasteiger partial charge is 0.419 e. The van der Waals surface area contributed by atoms with Crippen LogP contribution in [0, 0.1) is 11.7 Å². The zero-order valence-corrected chi connectivity index (χ0v) is 20.6. The van der Waals surface area contributed by atoms with Crippen LogP contribution in [0.5, 0.6) is 0 Å². The molecular weight excluding hydrogens is 490 g/mol. The SMILES string of the molecule is CC1CC(O)c2ncnc(N3CCN(C(=O)C(CNCC4CC4)c4ccc(C(F)(F)F)c(F)c4)CC3)c21. The van der Waals surface area contributed by atoms with Crippen molar-refractivity contribution >= 4 is 11.7 Å². The Morgan fingerprint density at radius 2 is 1.92 bits per heavy atom. The first-order chi connectivity index (χ1) is 17.6. The fourth-order valence-corrected chi connectivity index (χ4v) is 5.39. The Morgan fingerprint density at radius 3 is 2.57 bits per heavy atom. The Morgan fingerprint density at radius 1 is 1.19 bits per heavy atom. The van der Waals surface area contributed by atoms with Crippen LogP contribution < -0.4 is 10.2 Å². The third-order valence-electron chi connectivity index (χ3n) is 7.65. The van der Waals surface area contributed by atoms with E-state index in [2.05, 4.69) is 20.2 Å². The molecule has 11 heteroatoms. The number of nitrogens with one attached hydrogen (secondary N) is 1. The maximum Gasteiger partial charge on any atom is 0.419 e. The molecule has 1 aromatic heterocycles. The number of nitrogens with zero attached hydrogens (tertiary/aromatic N) is 4. The van der Waals surface area contributed by atoms with E-state index in [9.17, 15) is 27.5 Å². The van der Waals surface area contributed by atoms with Crippen LogP contribution in [0.3, 0.4) is 0 Å². The molecule has 1 amide bonds. The maximum absolute atomic E-state index is 14.4. The van der Waals surface area contributed by atoms with Gasteiger partial charge in [0.05, 0.1) is 23.3 Å². The molecule has 0 spiro atoms. The minimum absolute atomic E-state index is 0.123. The maximum atomic E-state index is 14.4. The third-order valence-corrected chi connectivity index (χ3v) is 7.65. The van der Waals surface area contributed by atoms with Gasteiger partial charge in [-0.2, -0.15) is 13.2 Å². The average Bonchev–Trinajstić information content (AvgIpc) is 3.64. The highest BCUT2D eigenvalue weighted by Gasteiger charge is 2.37. The predicted octanol–water partition coefficient (Wildman–Crippen LogP) is 3.61. The van der Waals surface area contributed by atoms with Crippen molar-refractivity contribution in [1.82, 2.24) is 20.2 Å². The van der Waals surface area contributed by atoms with Crippen molar-refractivity contribution in [2.45, 2.75) is 50.3 Å². The number of anilines is 1. The second-order valence-corrected chi connectivity index (χ2v) is 10.4. The fourth-order valence-electron chi connectivity index (χ4n) is 5.39. The molecule has 0 bridgehead atoms. The molecule has 2 heterocycles. The molecule has 3 unspecified atom stereocenters. The Hall–Kier alpha value is -2.79. The molecule has 200 valence electrons. The lowest BCUT2D eigenvalue weighted by Gasteiger charge is -2.38. The zero-order valence-electron chi connectivity index (χ0n) is 20.6. The summed E-state index contributed by atoms with van der Waals surface area (Å²) in [6.45, 7) is 4.82. The van der Waals surface area contributed by atoms with Crippen molar-refractivity contribution in [3.63, 3.8) is 0 Å². The Labute approximate surface area is 212 Å². The molecule has 2 aromatic rings. The summed E-state index contributed by atoms with van der Waals surface area (Å²) in [6, 6.07) is 2.77. The van der Waals surface area contributed by atoms with Crippen LogP contribution >= 0.6 is 0 Å². The molecule has 1 aliphatic heterocycles. The van der Waals surface area contributed by atoms with Gasteiger partial charge >= 0.3 is 6.18 Å². The van der Waals surface area contributed by atoms with Crippen molar-refractivity contribution in [3.05, 3.63) is 52.7 Å². The lowest BCUT2D eigenvalue weighted by Crippen LogP contribution is -2.51. The quantitative estimate of drug-likeness (QED) is 0.542. The van der Waals surface area contributed by atoms with Crippen LogP contribution in [-0.2, 0) is 11.0 Å². The van der Waals surface area contributed by atoms with Crippen molar-refractivity contribution in [2.24, 2.45) is 5.92 Å². The van der Waals surface area contributed by atoms with Crippen LogP contribution in [0.2, 0.25) is 0 Å². The summed E-state index contributed by atoms with van der Waals surface area (Å²) in [5.41, 5.74) is 0.496. The highest BCUT2D eigenvalue weighted by molar-refractivity contribution is 5.84. The van der Waals surface area contributed by atoms with Crippen molar-refractivity contribution < 1.29 is 27.5 Å². The van der Waals surface area contributed by atoms with E-state index >= 15 is 0 Å². The number of aromatic nitrogens is 2. The second kappa shape index (κ2) is 10.2. The lowest BCUT2D eigenvalue weighted by atomic mass is 9.95. The van der Waals surface area contributed by atoms with E-state index in [1.165, 1.54) is 12.4 Å². The fraction of sp³-hybridized carbons (Fsp3) is 0.577. The summed E-state index contributed by atoms with van der Waals surface area (Å²) in [6.07, 6.45) is -1.12. The van der Waals surface area contributed by atoms with Gasteiger partial charge in [-0.3, -0.25) is 4.79 Å². The van der Waals surface area contributed by atoms with Crippen molar-refractivity contribution in [2.75, 3.05) is 44.2 Å². The second-order valence-electron chi connectivity index (χ2n) is 10.4. The summed E-state index contributed by atoms with van der Waals surface area (Å²) < 4.78 is 53.6. The molecule has 1 saturated heterocycles. The van der Waals surface area contributed by atoms with Gasteiger partial charge in [0.25, 0.3) is 0 Å². The minimum atomic E-state index is -4.79. The summed E-state index contributed by atoms with van der Waals surface area (Å²) in [4.78, 5) is 26.1. The molecule has 2 aliphatic carbocycles. The molecule has 1 aromatic carbocycles. The molecule has 3 atom stereocenters. The van der Waals surface area contributed by atoms with Crippen molar-refractivity contribution in [3.8, 4) is 0 Å². The number of aliphatic hydroxyl groups excluding tert-OH is 1. The number of fused-ring (bicyclic) bond motifs is 1. The highest BCUT2D eigenvalue weighted by Crippen LogP contribution is 2.43. The standard InChI is InChI=1S/C26H31F4N5O2/c1-15-10-21(36)23-22(15)24(33-14-32-23)34-6-8-35(9-7-34)25(37)18(13-31-12-16-2-3-16)17-4-5-19(20(27)11-17)26(28,29)30/h4-5,11,14-16,18,21,31,36H,2-3,6-10,12-13H2,1H3. The number of alkyl halides is 3. The number of hydrogen-bond acceptors (Lipinski definition) is 6. The van der Waals surface area contributed by atoms with E-state index in [0.29, 0.717) is 44.2 Å². The highest BCUT2D eigenvalue weighted by atomic mass is 19.4. The van der Waals surface area contributed by atoms with Gasteiger partial charge < -0.3 is 20.2 Å². The monoisotopic (exact) mass is 521 g/mol. The van der Waals surface area contributed by atoms with Crippen molar-refractivity contribution in [1.29, 1.82) is 0 Å². The smallest absolute Gasteiger partial charge is 0.387 e. The number of piperazine rings is 1. The predicted molar refractivity (Wildman–Crippen MR) is 129 cm³/mol. The Kier molecular flexibility index (Phi) is 7.10. The van der Waals surface area contributed by atoms with Gasteiger partial charge in [-0.15, -0.1) is 0 Å². The minimum Gasteiger partial charge on any atom is -0.387 e. The first-order valence-corrected chi connectivity index (χ1v) is 12.8. The molecule has 0 radical (unpaired) electrons. The summed E-state index contributed by atoms with van der Waals surface area (Å²) in [5.74, 6) is -0.951. The summed E-state index contributed by atoms with van der Waals surface area (Å²) >= 11 is 0. The first kappa shape index (κ1) is 25.8. The van der Waals surface area contributed by atoms with E-state index in [1.54, 1.807) is 4.90 Å². The summed E-state index contributed by atoms with van der Waals surface area (Å²) in [7, 11) is 0. The molecule has 37 heavy (non-hydrogen) atoms. The number of hydrogen-bond donors (Lipinski definition) is 2. The molecule has 2 fully saturated rings. The number of carbonyl (C=O) groups is 1. The Balaban J connectivity index is 1.31. The van der Waals surface area contributed by atoms with Crippen LogP contribution in [0.4, 0.5) is 23.4 Å². The van der Waals surface area contributed by atoms with E-state index in [-0.39, 0.29) is 23.9 Å². The molecule has 1 saturated carbocycles. The van der Waals surface area contributed by atoms with Crippen LogP contribution in [0.25, 0.3) is 0 Å². The number of carbonyl (C=O) groups excluding carboxylic acids is 1. The van der Waals surface area contributed by atoms with Gasteiger partial charge in [0.15, 0.2) is 0 Å². The topological polar surface area (TPSA) is 81.6 Å². The molecule has 5 rings (SSSR count). The van der Waals surface area contributed by atoms with E-state index in [1.807, 2.05) is 6.92 Å². The number of halogens is 4. The molecule has 3 aliphatic rings. The van der Waals surface area contributed by atoms with Crippen LogP contribution in [0.15, 0.2) is 24.5 Å². The van der Waals surface area contributed by atoms with E-state index in [0.717, 1.165) is 42.9 Å². The summed E-state index contributed by atoms with van der Waals surface area (Å²) in [5, 5.41) is 13.6. The number of rotatable bonds is 7. The number of benzene rings is 1. The molecule has 7 nitrogen and oxygen atoms in total. The van der Waals surface area contributed by atoms with Gasteiger partial charge in [-0.05, 0) is 55.3 Å². The van der Waals surface area contributed by atoms with Gasteiger partial charge in [-0.25, -0.2) is 14.4 Å². The number of aliphatic hydroxyl groups is 1. The van der Waals surface area contributed by atoms with Gasteiger partial charge in [0.1, 0.15) is 18.0 Å². The average molecular weight is 522 g/mol. The Bertz CT molecular complexity index is 1150. The zero-order chi connectivity index (χ0) is 26.3. The van der Waals surface area contributed by atoms with Gasteiger partial charge in [0.2, 0.25) is 5.91 Å². The lowest BCUT2D eigenvalue weighted by molar-refractivity contribution is -0.140. The molecular formula is C26H31F4N5O2. The molecule has 2 N–H and O–H groups in total. The van der Waals surface area contributed by atoms with E-state index in [4.69, 9.17) is 0 Å². The van der Waals surface area contributed by atoms with Crippen LogP contribution in [-0.4, -0.2) is 65.2 Å².